The molecule has 1 aromatic rings. The minimum absolute atomic E-state index is 0. The fourth-order valence-electron chi connectivity index (χ4n) is 3.21. The Hall–Kier alpha value is -0.900. The average Bonchev–Trinajstić information content (AvgIpc) is 2.65. The molecule has 2 rings (SSSR count). The summed E-state index contributed by atoms with van der Waals surface area (Å²) < 4.78 is 14.6. The van der Waals surface area contributed by atoms with Crippen molar-refractivity contribution in [2.24, 2.45) is 10.9 Å². The maximum atomic E-state index is 13.8. The van der Waals surface area contributed by atoms with Crippen LogP contribution in [0.3, 0.4) is 0 Å². The Bertz CT molecular complexity index is 664. The molecule has 1 aliphatic heterocycles. The van der Waals surface area contributed by atoms with Gasteiger partial charge >= 0.3 is 0 Å². The zero-order valence-corrected chi connectivity index (χ0v) is 20.7. The van der Waals surface area contributed by atoms with Crippen molar-refractivity contribution in [3.05, 3.63) is 34.1 Å². The molecule has 1 saturated heterocycles. The third kappa shape index (κ3) is 7.85. The molecule has 0 atom stereocenters. The summed E-state index contributed by atoms with van der Waals surface area (Å²) in [6.07, 6.45) is 3.34. The predicted octanol–water partition coefficient (Wildman–Crippen LogP) is 3.95. The van der Waals surface area contributed by atoms with E-state index in [4.69, 9.17) is 0 Å². The first-order valence-corrected chi connectivity index (χ1v) is 10.4. The van der Waals surface area contributed by atoms with Crippen LogP contribution in [0.25, 0.3) is 0 Å². The molecule has 0 bridgehead atoms. The summed E-state index contributed by atoms with van der Waals surface area (Å²) in [5.41, 5.74) is 0.727. The Morgan fingerprint density at radius 2 is 2.04 bits per heavy atom. The number of hydrogen-bond donors (Lipinski definition) is 2. The van der Waals surface area contributed by atoms with Crippen LogP contribution in [0.5, 0.6) is 0 Å². The maximum absolute atomic E-state index is 13.8. The molecule has 158 valence electrons. The Morgan fingerprint density at radius 3 is 2.61 bits per heavy atom. The number of carbonyl (C=O) groups excluding carboxylic acids is 1. The minimum Gasteiger partial charge on any atom is -0.356 e. The fourth-order valence-corrected chi connectivity index (χ4v) is 3.54. The third-order valence-electron chi connectivity index (χ3n) is 4.80. The quantitative estimate of drug-likeness (QED) is 0.236. The van der Waals surface area contributed by atoms with Gasteiger partial charge in [0.2, 0.25) is 5.91 Å². The van der Waals surface area contributed by atoms with E-state index in [0.29, 0.717) is 12.5 Å². The molecule has 0 aromatic heterocycles. The summed E-state index contributed by atoms with van der Waals surface area (Å²) in [4.78, 5) is 18.3. The smallest absolute Gasteiger partial charge is 0.225 e. The topological polar surface area (TPSA) is 56.7 Å². The van der Waals surface area contributed by atoms with Gasteiger partial charge < -0.3 is 15.5 Å². The Labute approximate surface area is 193 Å². The Kier molecular flexibility index (Phi) is 11.3. The van der Waals surface area contributed by atoms with Gasteiger partial charge in [0.25, 0.3) is 0 Å². The highest BCUT2D eigenvalue weighted by Crippen LogP contribution is 2.16. The largest absolute Gasteiger partial charge is 0.356 e. The lowest BCUT2D eigenvalue weighted by Crippen LogP contribution is -2.50. The van der Waals surface area contributed by atoms with Crippen LogP contribution < -0.4 is 10.6 Å². The number of carbonyl (C=O) groups is 1. The first kappa shape index (κ1) is 25.1. The monoisotopic (exact) mass is 568 g/mol. The molecule has 0 radical (unpaired) electrons. The molecule has 1 amide bonds. The van der Waals surface area contributed by atoms with Gasteiger partial charge in [-0.1, -0.05) is 35.8 Å². The number of rotatable bonds is 6. The maximum Gasteiger partial charge on any atom is 0.225 e. The van der Waals surface area contributed by atoms with Crippen LogP contribution in [0.15, 0.2) is 27.7 Å². The zero-order valence-electron chi connectivity index (χ0n) is 16.8. The number of halogens is 3. The zero-order chi connectivity index (χ0) is 19.8. The molecule has 28 heavy (non-hydrogen) atoms. The van der Waals surface area contributed by atoms with Crippen LogP contribution in [0, 0.1) is 11.7 Å². The van der Waals surface area contributed by atoms with Crippen molar-refractivity contribution in [1.82, 2.24) is 15.5 Å². The SMILES string of the molecule is CN=C(NCCCc1ccc(Br)cc1F)NC1CCN(C(=O)C(C)C)CC1.I. The van der Waals surface area contributed by atoms with Gasteiger partial charge in [0.15, 0.2) is 5.96 Å². The third-order valence-corrected chi connectivity index (χ3v) is 5.29. The van der Waals surface area contributed by atoms with Crippen LogP contribution in [-0.4, -0.2) is 49.5 Å². The van der Waals surface area contributed by atoms with Crippen molar-refractivity contribution >= 4 is 51.8 Å². The lowest BCUT2D eigenvalue weighted by Gasteiger charge is -2.34. The van der Waals surface area contributed by atoms with Gasteiger partial charge in [-0.2, -0.15) is 0 Å². The van der Waals surface area contributed by atoms with Gasteiger partial charge in [-0.3, -0.25) is 9.79 Å². The van der Waals surface area contributed by atoms with E-state index >= 15 is 0 Å². The van der Waals surface area contributed by atoms with Crippen LogP contribution >= 0.6 is 39.9 Å². The van der Waals surface area contributed by atoms with E-state index < -0.39 is 0 Å². The number of likely N-dealkylation sites (tertiary alicyclic amines) is 1. The van der Waals surface area contributed by atoms with Crippen molar-refractivity contribution in [3.63, 3.8) is 0 Å². The summed E-state index contributed by atoms with van der Waals surface area (Å²) in [7, 11) is 1.75. The summed E-state index contributed by atoms with van der Waals surface area (Å²) in [6.45, 7) is 6.18. The standard InChI is InChI=1S/C20H30BrFN4O.HI/c1-14(2)19(27)26-11-8-17(9-12-26)25-20(23-3)24-10-4-5-15-6-7-16(21)13-18(15)22;/h6-7,13-14,17H,4-5,8-12H2,1-3H3,(H2,23,24,25);1H. The second-order valence-corrected chi connectivity index (χ2v) is 8.15. The summed E-state index contributed by atoms with van der Waals surface area (Å²) in [5, 5.41) is 6.73. The molecule has 1 fully saturated rings. The van der Waals surface area contributed by atoms with Crippen molar-refractivity contribution in [2.75, 3.05) is 26.7 Å². The molecule has 0 saturated carbocycles. The minimum atomic E-state index is -0.172. The van der Waals surface area contributed by atoms with E-state index in [2.05, 4.69) is 31.6 Å². The van der Waals surface area contributed by atoms with Crippen LogP contribution in [0.4, 0.5) is 4.39 Å². The van der Waals surface area contributed by atoms with E-state index in [9.17, 15) is 9.18 Å². The van der Waals surface area contributed by atoms with E-state index in [1.165, 1.54) is 6.07 Å². The molecular formula is C20H31BrFIN4O. The number of aliphatic imine (C=N–C) groups is 1. The number of amides is 1. The number of nitrogens with zero attached hydrogens (tertiary/aromatic N) is 2. The molecule has 1 aromatic carbocycles. The van der Waals surface area contributed by atoms with E-state index in [0.717, 1.165) is 54.9 Å². The molecule has 5 nitrogen and oxygen atoms in total. The highest BCUT2D eigenvalue weighted by Gasteiger charge is 2.24. The number of piperidine rings is 1. The number of benzene rings is 1. The summed E-state index contributed by atoms with van der Waals surface area (Å²) in [5.74, 6) is 0.880. The molecule has 2 N–H and O–H groups in total. The van der Waals surface area contributed by atoms with E-state index in [-0.39, 0.29) is 41.6 Å². The van der Waals surface area contributed by atoms with Crippen LogP contribution in [0.1, 0.15) is 38.7 Å². The Balaban J connectivity index is 0.00000392. The molecule has 0 unspecified atom stereocenters. The average molecular weight is 569 g/mol. The summed E-state index contributed by atoms with van der Waals surface area (Å²) >= 11 is 3.27. The van der Waals surface area contributed by atoms with E-state index in [1.54, 1.807) is 7.05 Å². The number of hydrogen-bond acceptors (Lipinski definition) is 2. The molecule has 0 spiro atoms. The number of guanidine groups is 1. The second kappa shape index (κ2) is 12.6. The summed E-state index contributed by atoms with van der Waals surface area (Å²) in [6, 6.07) is 5.50. The van der Waals surface area contributed by atoms with Crippen molar-refractivity contribution in [1.29, 1.82) is 0 Å². The molecule has 1 aliphatic rings. The molecule has 0 aliphatic carbocycles. The van der Waals surface area contributed by atoms with Gasteiger partial charge in [-0.25, -0.2) is 4.39 Å². The second-order valence-electron chi connectivity index (χ2n) is 7.24. The van der Waals surface area contributed by atoms with Crippen molar-refractivity contribution in [2.45, 2.75) is 45.6 Å². The lowest BCUT2D eigenvalue weighted by molar-refractivity contribution is -0.135. The first-order valence-electron chi connectivity index (χ1n) is 9.60. The van der Waals surface area contributed by atoms with Gasteiger partial charge in [-0.15, -0.1) is 24.0 Å². The molecular weight excluding hydrogens is 538 g/mol. The number of aryl methyl sites for hydroxylation is 1. The van der Waals surface area contributed by atoms with Gasteiger partial charge in [0.05, 0.1) is 0 Å². The van der Waals surface area contributed by atoms with E-state index in [1.807, 2.05) is 30.9 Å². The van der Waals surface area contributed by atoms with Gasteiger partial charge in [0.1, 0.15) is 5.82 Å². The van der Waals surface area contributed by atoms with Crippen molar-refractivity contribution in [3.8, 4) is 0 Å². The van der Waals surface area contributed by atoms with Crippen LogP contribution in [-0.2, 0) is 11.2 Å². The highest BCUT2D eigenvalue weighted by atomic mass is 127. The first-order chi connectivity index (χ1) is 12.9. The fraction of sp³-hybridized carbons (Fsp3) is 0.600. The molecule has 8 heteroatoms. The number of nitrogens with one attached hydrogen (secondary N) is 2. The van der Waals surface area contributed by atoms with Gasteiger partial charge in [0, 0.05) is 43.1 Å². The predicted molar refractivity (Wildman–Crippen MR) is 127 cm³/mol. The normalized spacial score (nSPS) is 15.4. The molecule has 1 heterocycles. The highest BCUT2D eigenvalue weighted by molar-refractivity contribution is 14.0. The lowest BCUT2D eigenvalue weighted by atomic mass is 10.0. The Morgan fingerprint density at radius 1 is 1.36 bits per heavy atom. The van der Waals surface area contributed by atoms with Crippen LogP contribution in [0.2, 0.25) is 0 Å². The van der Waals surface area contributed by atoms with Crippen molar-refractivity contribution < 1.29 is 9.18 Å². The van der Waals surface area contributed by atoms with Gasteiger partial charge in [-0.05, 0) is 43.4 Å².